The molecule has 3 aromatic carbocycles. The minimum Gasteiger partial charge on any atom is -0.393 e. The molecule has 0 saturated heterocycles. The standard InChI is InChI=1S/C25H20ClF3N6O/c26-19-12-11-17(13-18(19)25(27,28)29)33-22-21(30)23(32-14-31-22)34-35-24(36)20(15-7-3-1-4-8-15)16-9-5-2-6-10-16/h1-14,20H,30H2,(H,35,36)(H2,31,32,33,34). The van der Waals surface area contributed by atoms with Gasteiger partial charge >= 0.3 is 6.18 Å². The molecule has 0 fully saturated rings. The fourth-order valence-electron chi connectivity index (χ4n) is 3.53. The number of nitrogen functional groups attached to an aromatic ring is 1. The number of nitrogens with two attached hydrogens (primary N) is 1. The molecule has 0 spiro atoms. The molecule has 0 saturated carbocycles. The van der Waals surface area contributed by atoms with Crippen molar-refractivity contribution >= 4 is 40.5 Å². The molecule has 0 aliphatic carbocycles. The molecular formula is C25H20ClF3N6O. The van der Waals surface area contributed by atoms with E-state index in [4.69, 9.17) is 17.3 Å². The minimum absolute atomic E-state index is 0.0164. The molecule has 0 atom stereocenters. The summed E-state index contributed by atoms with van der Waals surface area (Å²) in [5.74, 6) is -0.881. The molecule has 5 N–H and O–H groups in total. The Bertz CT molecular complexity index is 1310. The highest BCUT2D eigenvalue weighted by molar-refractivity contribution is 6.31. The van der Waals surface area contributed by atoms with E-state index in [1.54, 1.807) is 0 Å². The number of carbonyl (C=O) groups is 1. The van der Waals surface area contributed by atoms with E-state index in [-0.39, 0.29) is 28.9 Å². The Hall–Kier alpha value is -4.31. The van der Waals surface area contributed by atoms with Gasteiger partial charge in [-0.1, -0.05) is 72.3 Å². The Kier molecular flexibility index (Phi) is 7.25. The number of hydrogen-bond donors (Lipinski definition) is 4. The smallest absolute Gasteiger partial charge is 0.393 e. The first kappa shape index (κ1) is 24.8. The van der Waals surface area contributed by atoms with Crippen molar-refractivity contribution in [3.05, 3.63) is 107 Å². The summed E-state index contributed by atoms with van der Waals surface area (Å²) in [4.78, 5) is 21.2. The van der Waals surface area contributed by atoms with Gasteiger partial charge in [0.05, 0.1) is 16.5 Å². The van der Waals surface area contributed by atoms with Crippen LogP contribution in [-0.2, 0) is 11.0 Å². The van der Waals surface area contributed by atoms with Gasteiger partial charge in [-0.25, -0.2) is 9.97 Å². The summed E-state index contributed by atoms with van der Waals surface area (Å²) in [6.45, 7) is 0. The number of anilines is 4. The van der Waals surface area contributed by atoms with Crippen molar-refractivity contribution in [2.75, 3.05) is 16.5 Å². The lowest BCUT2D eigenvalue weighted by Gasteiger charge is -2.19. The molecular weight excluding hydrogens is 493 g/mol. The van der Waals surface area contributed by atoms with Gasteiger partial charge in [-0.2, -0.15) is 13.2 Å². The number of aromatic nitrogens is 2. The maximum Gasteiger partial charge on any atom is 0.417 e. The number of alkyl halides is 3. The number of amides is 1. The molecule has 11 heteroatoms. The van der Waals surface area contributed by atoms with Gasteiger partial charge in [-0.05, 0) is 29.3 Å². The lowest BCUT2D eigenvalue weighted by atomic mass is 9.91. The Morgan fingerprint density at radius 2 is 1.47 bits per heavy atom. The molecule has 184 valence electrons. The molecule has 4 aromatic rings. The van der Waals surface area contributed by atoms with Crippen LogP contribution in [-0.4, -0.2) is 15.9 Å². The SMILES string of the molecule is Nc1c(NNC(=O)C(c2ccccc2)c2ccccc2)ncnc1Nc1ccc(Cl)c(C(F)(F)F)c1. The van der Waals surface area contributed by atoms with Crippen LogP contribution in [0.2, 0.25) is 5.02 Å². The van der Waals surface area contributed by atoms with Crippen LogP contribution in [0.4, 0.5) is 36.2 Å². The second kappa shape index (κ2) is 10.5. The maximum absolute atomic E-state index is 13.2. The number of nitrogens with zero attached hydrogens (tertiary/aromatic N) is 2. The topological polar surface area (TPSA) is 105 Å². The van der Waals surface area contributed by atoms with Gasteiger partial charge in [0.1, 0.15) is 12.0 Å². The molecule has 0 unspecified atom stereocenters. The van der Waals surface area contributed by atoms with E-state index in [9.17, 15) is 18.0 Å². The van der Waals surface area contributed by atoms with E-state index in [1.165, 1.54) is 6.07 Å². The molecule has 0 bridgehead atoms. The molecule has 4 rings (SSSR count). The quantitative estimate of drug-likeness (QED) is 0.235. The summed E-state index contributed by atoms with van der Waals surface area (Å²) in [5.41, 5.74) is 12.0. The third-order valence-corrected chi connectivity index (χ3v) is 5.58. The van der Waals surface area contributed by atoms with Crippen molar-refractivity contribution in [1.82, 2.24) is 15.4 Å². The maximum atomic E-state index is 13.2. The molecule has 0 aliphatic heterocycles. The average Bonchev–Trinajstić information content (AvgIpc) is 2.86. The zero-order chi connectivity index (χ0) is 25.7. The van der Waals surface area contributed by atoms with Crippen molar-refractivity contribution < 1.29 is 18.0 Å². The van der Waals surface area contributed by atoms with Crippen molar-refractivity contribution in [1.29, 1.82) is 0 Å². The zero-order valence-electron chi connectivity index (χ0n) is 18.6. The van der Waals surface area contributed by atoms with Gasteiger partial charge in [-0.15, -0.1) is 0 Å². The van der Waals surface area contributed by atoms with Crippen LogP contribution in [0.15, 0.2) is 85.2 Å². The van der Waals surface area contributed by atoms with Crippen molar-refractivity contribution in [3.63, 3.8) is 0 Å². The van der Waals surface area contributed by atoms with Crippen LogP contribution in [0.5, 0.6) is 0 Å². The minimum atomic E-state index is -4.63. The molecule has 1 heterocycles. The number of halogens is 4. The second-order valence-corrected chi connectivity index (χ2v) is 8.08. The monoisotopic (exact) mass is 512 g/mol. The van der Waals surface area contributed by atoms with E-state index < -0.39 is 22.7 Å². The third-order valence-electron chi connectivity index (χ3n) is 5.25. The highest BCUT2D eigenvalue weighted by atomic mass is 35.5. The molecule has 36 heavy (non-hydrogen) atoms. The number of rotatable bonds is 7. The zero-order valence-corrected chi connectivity index (χ0v) is 19.3. The lowest BCUT2D eigenvalue weighted by Crippen LogP contribution is -2.35. The van der Waals surface area contributed by atoms with Crippen LogP contribution in [0, 0.1) is 0 Å². The van der Waals surface area contributed by atoms with Crippen LogP contribution >= 0.6 is 11.6 Å². The number of nitrogens with one attached hydrogen (secondary N) is 3. The second-order valence-electron chi connectivity index (χ2n) is 7.67. The summed E-state index contributed by atoms with van der Waals surface area (Å²) in [6, 6.07) is 21.8. The van der Waals surface area contributed by atoms with E-state index in [2.05, 4.69) is 26.1 Å². The van der Waals surface area contributed by atoms with E-state index >= 15 is 0 Å². The predicted molar refractivity (Wildman–Crippen MR) is 133 cm³/mol. The van der Waals surface area contributed by atoms with Gasteiger partial charge in [0, 0.05) is 5.69 Å². The van der Waals surface area contributed by atoms with E-state index in [1.807, 2.05) is 60.7 Å². The van der Waals surface area contributed by atoms with Gasteiger partial charge in [-0.3, -0.25) is 15.6 Å². The summed E-state index contributed by atoms with van der Waals surface area (Å²) < 4.78 is 39.6. The summed E-state index contributed by atoms with van der Waals surface area (Å²) >= 11 is 5.68. The summed E-state index contributed by atoms with van der Waals surface area (Å²) in [6.07, 6.45) is -3.48. The largest absolute Gasteiger partial charge is 0.417 e. The number of benzene rings is 3. The molecule has 0 aliphatic rings. The first-order chi connectivity index (χ1) is 17.2. The Labute approximate surface area is 209 Å². The lowest BCUT2D eigenvalue weighted by molar-refractivity contribution is -0.137. The fraction of sp³-hybridized carbons (Fsp3) is 0.0800. The molecule has 1 amide bonds. The highest BCUT2D eigenvalue weighted by Gasteiger charge is 2.33. The number of hydrazine groups is 1. The first-order valence-corrected chi connectivity index (χ1v) is 11.0. The van der Waals surface area contributed by atoms with Gasteiger partial charge in [0.25, 0.3) is 0 Å². The summed E-state index contributed by atoms with van der Waals surface area (Å²) in [5, 5.41) is 2.30. The van der Waals surface area contributed by atoms with Gasteiger partial charge in [0.15, 0.2) is 11.6 Å². The first-order valence-electron chi connectivity index (χ1n) is 10.6. The Morgan fingerprint density at radius 3 is 2.06 bits per heavy atom. The fourth-order valence-corrected chi connectivity index (χ4v) is 3.76. The molecule has 7 nitrogen and oxygen atoms in total. The van der Waals surface area contributed by atoms with Gasteiger partial charge < -0.3 is 11.1 Å². The van der Waals surface area contributed by atoms with Crippen LogP contribution in [0.3, 0.4) is 0 Å². The normalized spacial score (nSPS) is 11.2. The Balaban J connectivity index is 1.53. The number of carbonyl (C=O) groups excluding carboxylic acids is 1. The molecule has 1 aromatic heterocycles. The predicted octanol–water partition coefficient (Wildman–Crippen LogP) is 5.75. The van der Waals surface area contributed by atoms with E-state index in [0.717, 1.165) is 29.6 Å². The van der Waals surface area contributed by atoms with Crippen LogP contribution < -0.4 is 21.9 Å². The van der Waals surface area contributed by atoms with Gasteiger partial charge in [0.2, 0.25) is 5.91 Å². The van der Waals surface area contributed by atoms with Crippen molar-refractivity contribution in [2.24, 2.45) is 0 Å². The third kappa shape index (κ3) is 5.66. The highest BCUT2D eigenvalue weighted by Crippen LogP contribution is 2.37. The molecule has 0 radical (unpaired) electrons. The van der Waals surface area contributed by atoms with E-state index in [0.29, 0.717) is 0 Å². The summed E-state index contributed by atoms with van der Waals surface area (Å²) in [7, 11) is 0. The average molecular weight is 513 g/mol. The Morgan fingerprint density at radius 1 is 0.889 bits per heavy atom. The van der Waals surface area contributed by atoms with Crippen molar-refractivity contribution in [3.8, 4) is 0 Å². The van der Waals surface area contributed by atoms with Crippen LogP contribution in [0.1, 0.15) is 22.6 Å². The van der Waals surface area contributed by atoms with Crippen LogP contribution in [0.25, 0.3) is 0 Å². The number of hydrogen-bond acceptors (Lipinski definition) is 6. The van der Waals surface area contributed by atoms with Crippen molar-refractivity contribution in [2.45, 2.75) is 12.1 Å².